The molecule has 3 unspecified atom stereocenters. The van der Waals surface area contributed by atoms with Gasteiger partial charge in [-0.2, -0.15) is 23.5 Å². The minimum Gasteiger partial charge on any atom is -0.316 e. The van der Waals surface area contributed by atoms with E-state index >= 15 is 0 Å². The Bertz CT molecular complexity index is 141. The van der Waals surface area contributed by atoms with E-state index < -0.39 is 0 Å². The Morgan fingerprint density at radius 3 is 2.62 bits per heavy atom. The smallest absolute Gasteiger partial charge is 0.0317 e. The van der Waals surface area contributed by atoms with Gasteiger partial charge in [-0.05, 0) is 13.5 Å². The zero-order valence-corrected chi connectivity index (χ0v) is 10.5. The van der Waals surface area contributed by atoms with Crippen LogP contribution >= 0.6 is 23.5 Å². The van der Waals surface area contributed by atoms with Crippen LogP contribution in [0.5, 0.6) is 0 Å². The van der Waals surface area contributed by atoms with E-state index in [4.69, 9.17) is 0 Å². The molecule has 0 amide bonds. The Labute approximate surface area is 90.8 Å². The van der Waals surface area contributed by atoms with Gasteiger partial charge in [0.25, 0.3) is 0 Å². The lowest BCUT2D eigenvalue weighted by molar-refractivity contribution is 0.494. The van der Waals surface area contributed by atoms with Gasteiger partial charge in [0, 0.05) is 28.0 Å². The number of nitrogens with one attached hydrogen (secondary N) is 1. The van der Waals surface area contributed by atoms with Crippen molar-refractivity contribution in [3.63, 3.8) is 0 Å². The summed E-state index contributed by atoms with van der Waals surface area (Å²) in [4.78, 5) is 0. The number of rotatable bonds is 4. The van der Waals surface area contributed by atoms with Gasteiger partial charge >= 0.3 is 0 Å². The second-order valence-corrected chi connectivity index (χ2v) is 6.37. The molecule has 78 valence electrons. The summed E-state index contributed by atoms with van der Waals surface area (Å²) in [7, 11) is 2.10. The van der Waals surface area contributed by atoms with Gasteiger partial charge in [0.15, 0.2) is 0 Å². The van der Waals surface area contributed by atoms with Gasteiger partial charge < -0.3 is 5.32 Å². The first-order valence-electron chi connectivity index (χ1n) is 5.20. The molecule has 0 aromatic heterocycles. The maximum absolute atomic E-state index is 3.47. The maximum atomic E-state index is 3.47. The van der Waals surface area contributed by atoms with E-state index in [1.165, 1.54) is 24.3 Å². The van der Waals surface area contributed by atoms with E-state index in [9.17, 15) is 0 Å². The van der Waals surface area contributed by atoms with Crippen molar-refractivity contribution in [1.82, 2.24) is 5.32 Å². The molecular formula is C10H21NS2. The maximum Gasteiger partial charge on any atom is 0.0317 e. The highest BCUT2D eigenvalue weighted by Crippen LogP contribution is 2.33. The fraction of sp³-hybridized carbons (Fsp3) is 1.00. The Morgan fingerprint density at radius 2 is 2.08 bits per heavy atom. The SMILES string of the molecule is CCCC(NC)C1SCCSC1C. The van der Waals surface area contributed by atoms with Crippen LogP contribution < -0.4 is 5.32 Å². The van der Waals surface area contributed by atoms with Crippen LogP contribution in [0.3, 0.4) is 0 Å². The van der Waals surface area contributed by atoms with Gasteiger partial charge in [0.05, 0.1) is 0 Å². The molecule has 0 aromatic carbocycles. The van der Waals surface area contributed by atoms with Gasteiger partial charge in [-0.15, -0.1) is 0 Å². The average Bonchev–Trinajstić information content (AvgIpc) is 2.16. The van der Waals surface area contributed by atoms with Gasteiger partial charge in [0.1, 0.15) is 0 Å². The molecule has 13 heavy (non-hydrogen) atoms. The van der Waals surface area contributed by atoms with Crippen molar-refractivity contribution in [2.75, 3.05) is 18.6 Å². The number of hydrogen-bond acceptors (Lipinski definition) is 3. The third-order valence-electron chi connectivity index (χ3n) is 2.60. The van der Waals surface area contributed by atoms with Crippen LogP contribution in [0.1, 0.15) is 26.7 Å². The highest BCUT2D eigenvalue weighted by molar-refractivity contribution is 8.07. The summed E-state index contributed by atoms with van der Waals surface area (Å²) >= 11 is 4.30. The molecule has 1 aliphatic heterocycles. The molecular weight excluding hydrogens is 198 g/mol. The predicted octanol–water partition coefficient (Wildman–Crippen LogP) is 2.61. The summed E-state index contributed by atoms with van der Waals surface area (Å²) < 4.78 is 0. The molecule has 0 bridgehead atoms. The van der Waals surface area contributed by atoms with Gasteiger partial charge in [-0.25, -0.2) is 0 Å². The molecule has 3 atom stereocenters. The first kappa shape index (κ1) is 11.7. The molecule has 3 heteroatoms. The van der Waals surface area contributed by atoms with E-state index in [1.54, 1.807) is 0 Å². The van der Waals surface area contributed by atoms with E-state index in [0.717, 1.165) is 16.5 Å². The molecule has 0 radical (unpaired) electrons. The Balaban J connectivity index is 2.44. The fourth-order valence-corrected chi connectivity index (χ4v) is 4.92. The fourth-order valence-electron chi connectivity index (χ4n) is 1.88. The molecule has 0 saturated carbocycles. The lowest BCUT2D eigenvalue weighted by Gasteiger charge is -2.34. The largest absolute Gasteiger partial charge is 0.316 e. The summed E-state index contributed by atoms with van der Waals surface area (Å²) in [6, 6.07) is 0.720. The summed E-state index contributed by atoms with van der Waals surface area (Å²) in [5.41, 5.74) is 0. The zero-order chi connectivity index (χ0) is 9.68. The van der Waals surface area contributed by atoms with Crippen molar-refractivity contribution < 1.29 is 0 Å². The van der Waals surface area contributed by atoms with E-state index in [0.29, 0.717) is 0 Å². The highest BCUT2D eigenvalue weighted by Gasteiger charge is 2.28. The van der Waals surface area contributed by atoms with Crippen LogP contribution in [-0.4, -0.2) is 35.1 Å². The zero-order valence-electron chi connectivity index (χ0n) is 8.88. The van der Waals surface area contributed by atoms with Crippen molar-refractivity contribution in [2.24, 2.45) is 0 Å². The Hall–Kier alpha value is 0.660. The summed E-state index contributed by atoms with van der Waals surface area (Å²) in [5.74, 6) is 2.67. The second-order valence-electron chi connectivity index (χ2n) is 3.60. The second kappa shape index (κ2) is 6.20. The number of hydrogen-bond donors (Lipinski definition) is 1. The molecule has 1 aliphatic rings. The molecule has 1 N–H and O–H groups in total. The molecule has 1 heterocycles. The third-order valence-corrected chi connectivity index (χ3v) is 5.86. The Morgan fingerprint density at radius 1 is 1.38 bits per heavy atom. The van der Waals surface area contributed by atoms with Crippen LogP contribution in [0.2, 0.25) is 0 Å². The molecule has 1 rings (SSSR count). The molecule has 0 aliphatic carbocycles. The van der Waals surface area contributed by atoms with Crippen LogP contribution in [0.25, 0.3) is 0 Å². The normalized spacial score (nSPS) is 31.6. The lowest BCUT2D eigenvalue weighted by atomic mass is 10.1. The molecule has 0 aromatic rings. The average molecular weight is 219 g/mol. The van der Waals surface area contributed by atoms with Crippen LogP contribution in [-0.2, 0) is 0 Å². The summed E-state index contributed by atoms with van der Waals surface area (Å²) in [5, 5.41) is 5.11. The van der Waals surface area contributed by atoms with Crippen molar-refractivity contribution >= 4 is 23.5 Å². The summed E-state index contributed by atoms with van der Waals surface area (Å²) in [6.07, 6.45) is 2.61. The lowest BCUT2D eigenvalue weighted by Crippen LogP contribution is -2.42. The first-order chi connectivity index (χ1) is 6.29. The van der Waals surface area contributed by atoms with Gasteiger partial charge in [0.2, 0.25) is 0 Å². The van der Waals surface area contributed by atoms with E-state index in [1.807, 2.05) is 0 Å². The quantitative estimate of drug-likeness (QED) is 0.780. The topological polar surface area (TPSA) is 12.0 Å². The predicted molar refractivity (Wildman–Crippen MR) is 65.9 cm³/mol. The minimum atomic E-state index is 0.720. The minimum absolute atomic E-state index is 0.720. The van der Waals surface area contributed by atoms with Crippen LogP contribution in [0.4, 0.5) is 0 Å². The monoisotopic (exact) mass is 219 g/mol. The Kier molecular flexibility index (Phi) is 5.60. The number of thioether (sulfide) groups is 2. The first-order valence-corrected chi connectivity index (χ1v) is 7.29. The van der Waals surface area contributed by atoms with Gasteiger partial charge in [-0.1, -0.05) is 20.3 Å². The van der Waals surface area contributed by atoms with Crippen molar-refractivity contribution in [3.05, 3.63) is 0 Å². The summed E-state index contributed by atoms with van der Waals surface area (Å²) in [6.45, 7) is 4.65. The third kappa shape index (κ3) is 3.37. The van der Waals surface area contributed by atoms with E-state index in [-0.39, 0.29) is 0 Å². The van der Waals surface area contributed by atoms with Crippen LogP contribution in [0, 0.1) is 0 Å². The molecule has 1 nitrogen and oxygen atoms in total. The van der Waals surface area contributed by atoms with E-state index in [2.05, 4.69) is 49.7 Å². The highest BCUT2D eigenvalue weighted by atomic mass is 32.2. The molecule has 1 saturated heterocycles. The molecule has 1 fully saturated rings. The molecule has 0 spiro atoms. The van der Waals surface area contributed by atoms with Crippen molar-refractivity contribution in [1.29, 1.82) is 0 Å². The standard InChI is InChI=1S/C10H21NS2/c1-4-5-9(11-3)10-8(2)12-6-7-13-10/h8-11H,4-7H2,1-3H3. The van der Waals surface area contributed by atoms with Crippen molar-refractivity contribution in [2.45, 2.75) is 43.2 Å². The van der Waals surface area contributed by atoms with Crippen molar-refractivity contribution in [3.8, 4) is 0 Å². The van der Waals surface area contributed by atoms with Crippen LogP contribution in [0.15, 0.2) is 0 Å². The van der Waals surface area contributed by atoms with Gasteiger partial charge in [-0.3, -0.25) is 0 Å².